The predicted molar refractivity (Wildman–Crippen MR) is 79.8 cm³/mol. The number of sulfonamides is 1. The molecule has 1 amide bonds. The second-order valence-corrected chi connectivity index (χ2v) is 7.22. The lowest BCUT2D eigenvalue weighted by Gasteiger charge is -2.18. The van der Waals surface area contributed by atoms with Gasteiger partial charge in [0.15, 0.2) is 5.28 Å². The number of hydroxylamine groups is 1. The number of carbonyl (C=O) groups excluding carboxylic acids is 1. The number of hydrogen-bond donors (Lipinski definition) is 0. The average molecular weight is 396 g/mol. The van der Waals surface area contributed by atoms with E-state index in [1.807, 2.05) is 0 Å². The first-order chi connectivity index (χ1) is 12.1. The molecule has 1 heterocycles. The van der Waals surface area contributed by atoms with Crippen LogP contribution in [0.15, 0.2) is 34.4 Å². The molecular formula is C13H15F3N4O5S. The molecular weight excluding hydrogens is 381 g/mol. The summed E-state index contributed by atoms with van der Waals surface area (Å²) < 4.78 is 64.2. The Morgan fingerprint density at radius 2 is 2.08 bits per heavy atom. The largest absolute Gasteiger partial charge is 0.597 e. The number of nitrogens with zero attached hydrogens (tertiary/aromatic N) is 4. The molecule has 0 saturated carbocycles. The van der Waals surface area contributed by atoms with Crippen LogP contribution in [0.1, 0.15) is 5.56 Å². The molecule has 13 heteroatoms. The second kappa shape index (κ2) is 7.45. The van der Waals surface area contributed by atoms with Crippen LogP contribution >= 0.6 is 0 Å². The molecule has 9 nitrogen and oxygen atoms in total. The molecule has 0 N–H and O–H groups in total. The van der Waals surface area contributed by atoms with Crippen molar-refractivity contribution in [3.8, 4) is 0 Å². The fraction of sp³-hybridized carbons (Fsp3) is 0.462. The lowest BCUT2D eigenvalue weighted by molar-refractivity contribution is -0.547. The molecule has 1 fully saturated rings. The molecule has 0 aliphatic carbocycles. The van der Waals surface area contributed by atoms with E-state index < -0.39 is 39.1 Å². The van der Waals surface area contributed by atoms with Gasteiger partial charge in [0.25, 0.3) is 12.5 Å². The van der Waals surface area contributed by atoms with E-state index in [1.54, 1.807) is 0 Å². The van der Waals surface area contributed by atoms with Crippen LogP contribution in [-0.4, -0.2) is 61.8 Å². The Kier molecular flexibility index (Phi) is 5.71. The zero-order valence-electron chi connectivity index (χ0n) is 13.5. The molecule has 26 heavy (non-hydrogen) atoms. The normalized spacial score (nSPS) is 16.8. The van der Waals surface area contributed by atoms with Crippen LogP contribution in [0.4, 0.5) is 13.2 Å². The van der Waals surface area contributed by atoms with Crippen molar-refractivity contribution in [1.29, 1.82) is 0 Å². The first kappa shape index (κ1) is 19.9. The van der Waals surface area contributed by atoms with Crippen molar-refractivity contribution in [2.75, 3.05) is 33.4 Å². The highest BCUT2D eigenvalue weighted by molar-refractivity contribution is 7.89. The van der Waals surface area contributed by atoms with Crippen LogP contribution < -0.4 is 0 Å². The average Bonchev–Trinajstić information content (AvgIpc) is 3.05. The fourth-order valence-corrected chi connectivity index (χ4v) is 3.72. The summed E-state index contributed by atoms with van der Waals surface area (Å²) >= 11 is 0. The standard InChI is InChI=1S/C13H15F3N4O5S/c1-25-17-20(22)8-12(21)18-5-6-19(9-18)26(23,24)11-4-2-3-10(7-11)13(14,15)16/h2-4,7H,5-6,8-9H2,1H3/b20-17-. The maximum atomic E-state index is 12.8. The van der Waals surface area contributed by atoms with Crippen LogP contribution in [-0.2, 0) is 25.8 Å². The number of halogens is 3. The number of amides is 1. The van der Waals surface area contributed by atoms with E-state index in [2.05, 4.69) is 10.1 Å². The van der Waals surface area contributed by atoms with Gasteiger partial charge in [0.1, 0.15) is 7.11 Å². The molecule has 2 rings (SSSR count). The quantitative estimate of drug-likeness (QED) is 0.420. The van der Waals surface area contributed by atoms with Crippen LogP contribution in [0.3, 0.4) is 0 Å². The Hall–Kier alpha value is -2.41. The van der Waals surface area contributed by atoms with E-state index in [9.17, 15) is 31.6 Å². The molecule has 0 atom stereocenters. The van der Waals surface area contributed by atoms with E-state index in [4.69, 9.17) is 0 Å². The molecule has 0 bridgehead atoms. The van der Waals surface area contributed by atoms with Gasteiger partial charge in [-0.25, -0.2) is 8.42 Å². The molecule has 1 aromatic rings. The molecule has 144 valence electrons. The van der Waals surface area contributed by atoms with Gasteiger partial charge in [0, 0.05) is 13.1 Å². The zero-order valence-corrected chi connectivity index (χ0v) is 14.3. The summed E-state index contributed by atoms with van der Waals surface area (Å²) in [5.74, 6) is -0.692. The maximum Gasteiger partial charge on any atom is 0.416 e. The Labute approximate surface area is 146 Å². The van der Waals surface area contributed by atoms with Crippen LogP contribution in [0.25, 0.3) is 0 Å². The van der Waals surface area contributed by atoms with Crippen molar-refractivity contribution in [3.05, 3.63) is 35.0 Å². The molecule has 0 radical (unpaired) electrons. The van der Waals surface area contributed by atoms with Crippen molar-refractivity contribution >= 4 is 15.9 Å². The maximum absolute atomic E-state index is 12.8. The zero-order chi connectivity index (χ0) is 19.5. The molecule has 1 saturated heterocycles. The first-order valence-electron chi connectivity index (χ1n) is 7.19. The Morgan fingerprint density at radius 1 is 1.38 bits per heavy atom. The third-order valence-electron chi connectivity index (χ3n) is 3.54. The summed E-state index contributed by atoms with van der Waals surface area (Å²) in [4.78, 5) is 16.7. The van der Waals surface area contributed by atoms with Crippen molar-refractivity contribution in [1.82, 2.24) is 9.21 Å². The topological polar surface area (TPSA) is 105 Å². The Bertz CT molecular complexity index is 812. The first-order valence-corrected chi connectivity index (χ1v) is 8.63. The van der Waals surface area contributed by atoms with Crippen molar-refractivity contribution < 1.29 is 36.1 Å². The predicted octanol–water partition coefficient (Wildman–Crippen LogP) is 1.02. The number of alkyl halides is 3. The monoisotopic (exact) mass is 396 g/mol. The van der Waals surface area contributed by atoms with Gasteiger partial charge in [-0.15, -0.1) is 0 Å². The highest BCUT2D eigenvalue weighted by Crippen LogP contribution is 2.31. The van der Waals surface area contributed by atoms with Gasteiger partial charge >= 0.3 is 6.18 Å². The van der Waals surface area contributed by atoms with E-state index >= 15 is 0 Å². The third-order valence-corrected chi connectivity index (χ3v) is 5.37. The van der Waals surface area contributed by atoms with E-state index in [0.29, 0.717) is 6.07 Å². The van der Waals surface area contributed by atoms with Gasteiger partial charge in [0.2, 0.25) is 10.0 Å². The van der Waals surface area contributed by atoms with Crippen molar-refractivity contribution in [2.45, 2.75) is 11.1 Å². The summed E-state index contributed by atoms with van der Waals surface area (Å²) in [7, 11) is -3.11. The van der Waals surface area contributed by atoms with Crippen molar-refractivity contribution in [2.24, 2.45) is 5.28 Å². The molecule has 0 unspecified atom stereocenters. The Morgan fingerprint density at radius 3 is 2.69 bits per heavy atom. The van der Waals surface area contributed by atoms with Crippen LogP contribution in [0.5, 0.6) is 0 Å². The molecule has 1 aromatic carbocycles. The lowest BCUT2D eigenvalue weighted by Crippen LogP contribution is -2.37. The van der Waals surface area contributed by atoms with Crippen LogP contribution in [0, 0.1) is 5.21 Å². The van der Waals surface area contributed by atoms with Gasteiger partial charge in [0.05, 0.1) is 17.1 Å². The van der Waals surface area contributed by atoms with Gasteiger partial charge in [-0.05, 0) is 23.1 Å². The summed E-state index contributed by atoms with van der Waals surface area (Å²) in [6.45, 7) is -1.16. The summed E-state index contributed by atoms with van der Waals surface area (Å²) in [5, 5.41) is 14.2. The summed E-state index contributed by atoms with van der Waals surface area (Å²) in [6.07, 6.45) is -4.68. The van der Waals surface area contributed by atoms with Gasteiger partial charge < -0.3 is 14.9 Å². The highest BCUT2D eigenvalue weighted by atomic mass is 32.2. The molecule has 0 aromatic heterocycles. The van der Waals surface area contributed by atoms with Gasteiger partial charge in [-0.2, -0.15) is 17.5 Å². The van der Waals surface area contributed by atoms with E-state index in [0.717, 1.165) is 34.5 Å². The fourth-order valence-electron chi connectivity index (χ4n) is 2.28. The summed E-state index contributed by atoms with van der Waals surface area (Å²) in [6, 6.07) is 3.35. The SMILES string of the molecule is CO/N=[N+](\[O-])CC(=O)N1CCN(S(=O)(=O)c2cccc(C(F)(F)F)c2)C1. The smallest absolute Gasteiger partial charge is 0.416 e. The third kappa shape index (κ3) is 4.40. The van der Waals surface area contributed by atoms with Crippen molar-refractivity contribution in [3.63, 3.8) is 0 Å². The molecule has 1 aliphatic heterocycles. The number of benzene rings is 1. The lowest BCUT2D eigenvalue weighted by atomic mass is 10.2. The second-order valence-electron chi connectivity index (χ2n) is 5.28. The van der Waals surface area contributed by atoms with Crippen LogP contribution in [0.2, 0.25) is 0 Å². The van der Waals surface area contributed by atoms with Gasteiger partial charge in [-0.3, -0.25) is 4.79 Å². The molecule has 0 spiro atoms. The minimum absolute atomic E-state index is 0.00214. The number of rotatable bonds is 5. The number of carbonyl (C=O) groups is 1. The number of hydrogen-bond acceptors (Lipinski definition) is 6. The highest BCUT2D eigenvalue weighted by Gasteiger charge is 2.36. The molecule has 1 aliphatic rings. The summed E-state index contributed by atoms with van der Waals surface area (Å²) in [5.41, 5.74) is -1.09. The van der Waals surface area contributed by atoms with E-state index in [1.165, 1.54) is 0 Å². The van der Waals surface area contributed by atoms with Gasteiger partial charge in [-0.1, -0.05) is 6.07 Å². The van der Waals surface area contributed by atoms with E-state index in [-0.39, 0.29) is 24.6 Å². The minimum Gasteiger partial charge on any atom is -0.597 e. The Balaban J connectivity index is 2.14. The minimum atomic E-state index is -4.68.